The van der Waals surface area contributed by atoms with E-state index in [4.69, 9.17) is 4.74 Å². The van der Waals surface area contributed by atoms with Crippen LogP contribution in [0.25, 0.3) is 0 Å². The molecule has 2 aromatic rings. The van der Waals surface area contributed by atoms with Gasteiger partial charge in [-0.25, -0.2) is 4.39 Å². The molecule has 0 aliphatic carbocycles. The van der Waals surface area contributed by atoms with Gasteiger partial charge in [-0.15, -0.1) is 0 Å². The van der Waals surface area contributed by atoms with Gasteiger partial charge in [-0.1, -0.05) is 6.07 Å². The van der Waals surface area contributed by atoms with Crippen molar-refractivity contribution in [1.82, 2.24) is 9.88 Å². The number of benzene rings is 1. The Morgan fingerprint density at radius 2 is 1.89 bits per heavy atom. The van der Waals surface area contributed by atoms with Crippen LogP contribution in [0, 0.1) is 11.7 Å². The first-order valence-corrected chi connectivity index (χ1v) is 9.24. The molecule has 0 unspecified atom stereocenters. The molecule has 1 amide bonds. The van der Waals surface area contributed by atoms with Gasteiger partial charge in [0.15, 0.2) is 0 Å². The summed E-state index contributed by atoms with van der Waals surface area (Å²) < 4.78 is 18.4. The molecule has 0 saturated carbocycles. The molecule has 5 nitrogen and oxygen atoms in total. The van der Waals surface area contributed by atoms with Crippen molar-refractivity contribution < 1.29 is 18.7 Å². The third kappa shape index (κ3) is 5.36. The Morgan fingerprint density at radius 3 is 2.56 bits per heavy atom. The van der Waals surface area contributed by atoms with Gasteiger partial charge in [0, 0.05) is 31.0 Å². The van der Waals surface area contributed by atoms with E-state index in [0.29, 0.717) is 38.1 Å². The molecule has 1 aliphatic rings. The molecule has 0 bridgehead atoms. The van der Waals surface area contributed by atoms with Crippen LogP contribution in [0.15, 0.2) is 48.8 Å². The highest BCUT2D eigenvalue weighted by Crippen LogP contribution is 2.20. The lowest BCUT2D eigenvalue weighted by Gasteiger charge is -2.31. The maximum absolute atomic E-state index is 13.0. The average Bonchev–Trinajstić information content (AvgIpc) is 2.72. The molecule has 1 aromatic carbocycles. The van der Waals surface area contributed by atoms with E-state index in [0.717, 1.165) is 18.4 Å². The lowest BCUT2D eigenvalue weighted by atomic mass is 9.96. The summed E-state index contributed by atoms with van der Waals surface area (Å²) in [6, 6.07) is 9.43. The number of esters is 1. The number of carbonyl (C=O) groups is 2. The quantitative estimate of drug-likeness (QED) is 0.579. The van der Waals surface area contributed by atoms with Crippen LogP contribution in [0.5, 0.6) is 0 Å². The number of pyridine rings is 1. The highest BCUT2D eigenvalue weighted by atomic mass is 19.1. The normalized spacial score (nSPS) is 14.8. The number of hydrogen-bond acceptors (Lipinski definition) is 4. The zero-order valence-corrected chi connectivity index (χ0v) is 15.1. The van der Waals surface area contributed by atoms with Crippen molar-refractivity contribution in [3.63, 3.8) is 0 Å². The molecule has 6 heteroatoms. The number of piperidine rings is 1. The maximum Gasteiger partial charge on any atom is 0.309 e. The minimum atomic E-state index is -0.364. The number of halogens is 1. The van der Waals surface area contributed by atoms with Crippen molar-refractivity contribution in [2.75, 3.05) is 19.7 Å². The van der Waals surface area contributed by atoms with Gasteiger partial charge >= 0.3 is 5.97 Å². The summed E-state index contributed by atoms with van der Waals surface area (Å²) in [4.78, 5) is 30.4. The number of nitrogens with zero attached hydrogens (tertiary/aromatic N) is 2. The van der Waals surface area contributed by atoms with E-state index in [2.05, 4.69) is 4.98 Å². The zero-order valence-electron chi connectivity index (χ0n) is 15.1. The minimum absolute atomic E-state index is 0.127. The number of rotatable bonds is 6. The molecular formula is C21H23FN2O3. The van der Waals surface area contributed by atoms with Crippen molar-refractivity contribution in [3.05, 3.63) is 65.7 Å². The third-order valence-corrected chi connectivity index (χ3v) is 4.78. The Kier molecular flexibility index (Phi) is 6.52. The van der Waals surface area contributed by atoms with Crippen molar-refractivity contribution >= 4 is 11.9 Å². The van der Waals surface area contributed by atoms with Gasteiger partial charge in [0.25, 0.3) is 5.91 Å². The molecule has 27 heavy (non-hydrogen) atoms. The zero-order chi connectivity index (χ0) is 19.1. The van der Waals surface area contributed by atoms with Crippen molar-refractivity contribution in [2.45, 2.75) is 25.7 Å². The molecule has 1 saturated heterocycles. The van der Waals surface area contributed by atoms with Crippen molar-refractivity contribution in [3.8, 4) is 0 Å². The van der Waals surface area contributed by atoms with Gasteiger partial charge in [0.1, 0.15) is 5.82 Å². The fourth-order valence-electron chi connectivity index (χ4n) is 3.21. The fourth-order valence-corrected chi connectivity index (χ4v) is 3.21. The van der Waals surface area contributed by atoms with Gasteiger partial charge in [-0.3, -0.25) is 14.6 Å². The van der Waals surface area contributed by atoms with E-state index >= 15 is 0 Å². The van der Waals surface area contributed by atoms with Crippen LogP contribution < -0.4 is 0 Å². The number of amides is 1. The number of ether oxygens (including phenoxy) is 1. The first-order chi connectivity index (χ1) is 13.1. The molecule has 2 heterocycles. The van der Waals surface area contributed by atoms with E-state index in [1.807, 2.05) is 18.3 Å². The lowest BCUT2D eigenvalue weighted by Crippen LogP contribution is -2.40. The Bertz CT molecular complexity index is 757. The van der Waals surface area contributed by atoms with Gasteiger partial charge in [0.05, 0.1) is 12.5 Å². The van der Waals surface area contributed by atoms with Crippen molar-refractivity contribution in [2.24, 2.45) is 5.92 Å². The molecule has 1 aromatic heterocycles. The predicted octanol–water partition coefficient (Wildman–Crippen LogP) is 3.25. The highest BCUT2D eigenvalue weighted by molar-refractivity contribution is 5.94. The van der Waals surface area contributed by atoms with Crippen LogP contribution in [0.2, 0.25) is 0 Å². The number of aryl methyl sites for hydroxylation is 1. The van der Waals surface area contributed by atoms with Gasteiger partial charge in [-0.05, 0) is 61.6 Å². The SMILES string of the molecule is O=C(OCCCc1cccnc1)C1CCN(C(=O)c2ccc(F)cc2)CC1. The van der Waals surface area contributed by atoms with E-state index in [9.17, 15) is 14.0 Å². The van der Waals surface area contributed by atoms with E-state index < -0.39 is 0 Å². The summed E-state index contributed by atoms with van der Waals surface area (Å²) in [6.07, 6.45) is 6.32. The van der Waals surface area contributed by atoms with E-state index in [1.165, 1.54) is 24.3 Å². The topological polar surface area (TPSA) is 59.5 Å². The molecule has 0 spiro atoms. The average molecular weight is 370 g/mol. The highest BCUT2D eigenvalue weighted by Gasteiger charge is 2.28. The molecular weight excluding hydrogens is 347 g/mol. The molecule has 1 fully saturated rings. The number of aromatic nitrogens is 1. The minimum Gasteiger partial charge on any atom is -0.465 e. The van der Waals surface area contributed by atoms with Crippen LogP contribution in [-0.4, -0.2) is 41.5 Å². The van der Waals surface area contributed by atoms with Gasteiger partial charge in [-0.2, -0.15) is 0 Å². The fraction of sp³-hybridized carbons (Fsp3) is 0.381. The summed E-state index contributed by atoms with van der Waals surface area (Å²) in [5, 5.41) is 0. The summed E-state index contributed by atoms with van der Waals surface area (Å²) in [6.45, 7) is 1.40. The largest absolute Gasteiger partial charge is 0.465 e. The Morgan fingerprint density at radius 1 is 1.15 bits per heavy atom. The Hall–Kier alpha value is -2.76. The first-order valence-electron chi connectivity index (χ1n) is 9.24. The molecule has 142 valence electrons. The van der Waals surface area contributed by atoms with Crippen LogP contribution in [0.4, 0.5) is 4.39 Å². The second-order valence-corrected chi connectivity index (χ2v) is 6.71. The van der Waals surface area contributed by atoms with E-state index in [1.54, 1.807) is 11.1 Å². The predicted molar refractivity (Wildman–Crippen MR) is 98.5 cm³/mol. The Labute approximate surface area is 158 Å². The number of likely N-dealkylation sites (tertiary alicyclic amines) is 1. The van der Waals surface area contributed by atoms with Crippen LogP contribution >= 0.6 is 0 Å². The molecule has 3 rings (SSSR count). The second kappa shape index (κ2) is 9.26. The molecule has 1 aliphatic heterocycles. The molecule has 0 N–H and O–H groups in total. The number of hydrogen-bond donors (Lipinski definition) is 0. The summed E-state index contributed by atoms with van der Waals surface area (Å²) in [5.74, 6) is -0.842. The number of carbonyl (C=O) groups excluding carboxylic acids is 2. The van der Waals surface area contributed by atoms with Crippen LogP contribution in [0.3, 0.4) is 0 Å². The standard InChI is InChI=1S/C21H23FN2O3/c22-19-7-5-17(6-8-19)20(25)24-12-9-18(10-13-24)21(26)27-14-2-4-16-3-1-11-23-15-16/h1,3,5-8,11,15,18H,2,4,9-10,12-14H2. The van der Waals surface area contributed by atoms with Gasteiger partial charge < -0.3 is 9.64 Å². The van der Waals surface area contributed by atoms with Crippen molar-refractivity contribution in [1.29, 1.82) is 0 Å². The molecule has 0 atom stereocenters. The second-order valence-electron chi connectivity index (χ2n) is 6.71. The monoisotopic (exact) mass is 370 g/mol. The third-order valence-electron chi connectivity index (χ3n) is 4.78. The van der Waals surface area contributed by atoms with Crippen LogP contribution in [0.1, 0.15) is 35.2 Å². The van der Waals surface area contributed by atoms with Crippen LogP contribution in [-0.2, 0) is 16.0 Å². The summed E-state index contributed by atoms with van der Waals surface area (Å²) >= 11 is 0. The maximum atomic E-state index is 13.0. The first kappa shape index (κ1) is 19.0. The molecule has 0 radical (unpaired) electrons. The smallest absolute Gasteiger partial charge is 0.309 e. The summed E-state index contributed by atoms with van der Waals surface area (Å²) in [5.41, 5.74) is 1.59. The lowest BCUT2D eigenvalue weighted by molar-refractivity contribution is -0.150. The van der Waals surface area contributed by atoms with Gasteiger partial charge in [0.2, 0.25) is 0 Å². The summed E-state index contributed by atoms with van der Waals surface area (Å²) in [7, 11) is 0. The Balaban J connectivity index is 1.38. The van der Waals surface area contributed by atoms with E-state index in [-0.39, 0.29) is 23.6 Å².